The zero-order valence-electron chi connectivity index (χ0n) is 17.4. The summed E-state index contributed by atoms with van der Waals surface area (Å²) in [5.41, 5.74) is 0.910. The number of nitrogens with one attached hydrogen (secondary N) is 1. The Morgan fingerprint density at radius 3 is 2.17 bits per heavy atom. The normalized spacial score (nSPS) is 45.9. The van der Waals surface area contributed by atoms with Crippen molar-refractivity contribution in [3.8, 4) is 0 Å². The maximum atomic E-state index is 3.69. The standard InChI is InChI=1S/C22H42N2/c1-8-10-11-17-15(3)21(5,6)20(18-14-23-18)16(4)22(17,7)19(9-2)24-12-13-24/h15-20,23H,8-14H2,1-7H3. The third-order valence-electron chi connectivity index (χ3n) is 8.72. The Balaban J connectivity index is 1.99. The molecule has 140 valence electrons. The van der Waals surface area contributed by atoms with Gasteiger partial charge in [-0.15, -0.1) is 0 Å². The van der Waals surface area contributed by atoms with Gasteiger partial charge < -0.3 is 5.32 Å². The predicted molar refractivity (Wildman–Crippen MR) is 104 cm³/mol. The molecule has 0 amide bonds. The molecule has 2 heterocycles. The quantitative estimate of drug-likeness (QED) is 0.677. The Morgan fingerprint density at radius 1 is 1.08 bits per heavy atom. The molecular weight excluding hydrogens is 292 g/mol. The van der Waals surface area contributed by atoms with Crippen LogP contribution in [0.3, 0.4) is 0 Å². The van der Waals surface area contributed by atoms with Crippen molar-refractivity contribution in [2.24, 2.45) is 34.5 Å². The summed E-state index contributed by atoms with van der Waals surface area (Å²) in [4.78, 5) is 2.78. The third kappa shape index (κ3) is 2.86. The van der Waals surface area contributed by atoms with Gasteiger partial charge >= 0.3 is 0 Å². The van der Waals surface area contributed by atoms with E-state index in [1.54, 1.807) is 0 Å². The molecule has 2 nitrogen and oxygen atoms in total. The van der Waals surface area contributed by atoms with Crippen molar-refractivity contribution in [2.45, 2.75) is 86.2 Å². The van der Waals surface area contributed by atoms with E-state index in [0.717, 1.165) is 35.8 Å². The topological polar surface area (TPSA) is 25.0 Å². The van der Waals surface area contributed by atoms with Gasteiger partial charge in [-0.05, 0) is 47.3 Å². The second-order valence-electron chi connectivity index (χ2n) is 10.0. The third-order valence-corrected chi connectivity index (χ3v) is 8.72. The fraction of sp³-hybridized carbons (Fsp3) is 1.00. The van der Waals surface area contributed by atoms with E-state index in [0.29, 0.717) is 10.8 Å². The van der Waals surface area contributed by atoms with Crippen molar-refractivity contribution in [2.75, 3.05) is 19.6 Å². The fourth-order valence-corrected chi connectivity index (χ4v) is 6.92. The molecule has 0 bridgehead atoms. The predicted octanol–water partition coefficient (Wildman–Crippen LogP) is 4.79. The van der Waals surface area contributed by atoms with Gasteiger partial charge in [0.25, 0.3) is 0 Å². The van der Waals surface area contributed by atoms with Crippen LogP contribution in [-0.4, -0.2) is 36.6 Å². The number of hydrogen-bond acceptors (Lipinski definition) is 2. The second kappa shape index (κ2) is 6.58. The maximum absolute atomic E-state index is 3.69. The molecule has 0 aromatic heterocycles. The van der Waals surface area contributed by atoms with Gasteiger partial charge in [0.05, 0.1) is 0 Å². The zero-order valence-corrected chi connectivity index (χ0v) is 17.4. The van der Waals surface area contributed by atoms with Crippen LogP contribution in [0.5, 0.6) is 0 Å². The summed E-state index contributed by atoms with van der Waals surface area (Å²) >= 11 is 0. The summed E-state index contributed by atoms with van der Waals surface area (Å²) in [6, 6.07) is 1.56. The van der Waals surface area contributed by atoms with Crippen LogP contribution in [0.25, 0.3) is 0 Å². The Bertz CT molecular complexity index is 437. The first-order valence-electron chi connectivity index (χ1n) is 10.8. The summed E-state index contributed by atoms with van der Waals surface area (Å²) in [6.45, 7) is 21.8. The molecule has 1 saturated carbocycles. The molecule has 2 saturated heterocycles. The minimum atomic E-state index is 0.447. The molecular formula is C22H42N2. The lowest BCUT2D eigenvalue weighted by molar-refractivity contribution is -0.142. The van der Waals surface area contributed by atoms with E-state index in [2.05, 4.69) is 58.7 Å². The van der Waals surface area contributed by atoms with Crippen molar-refractivity contribution in [1.29, 1.82) is 0 Å². The van der Waals surface area contributed by atoms with Gasteiger partial charge in [-0.1, -0.05) is 61.3 Å². The van der Waals surface area contributed by atoms with Crippen LogP contribution in [-0.2, 0) is 0 Å². The first-order chi connectivity index (χ1) is 11.3. The lowest BCUT2D eigenvalue weighted by atomic mass is 9.43. The summed E-state index contributed by atoms with van der Waals surface area (Å²) < 4.78 is 0. The summed E-state index contributed by atoms with van der Waals surface area (Å²) in [7, 11) is 0. The van der Waals surface area contributed by atoms with Gasteiger partial charge in [0.2, 0.25) is 0 Å². The molecule has 24 heavy (non-hydrogen) atoms. The Morgan fingerprint density at radius 2 is 1.71 bits per heavy atom. The van der Waals surface area contributed by atoms with E-state index in [9.17, 15) is 0 Å². The van der Waals surface area contributed by atoms with Crippen LogP contribution in [0.15, 0.2) is 0 Å². The van der Waals surface area contributed by atoms with Gasteiger partial charge in [-0.3, -0.25) is 4.90 Å². The molecule has 7 unspecified atom stereocenters. The van der Waals surface area contributed by atoms with Crippen LogP contribution in [0.2, 0.25) is 0 Å². The Kier molecular flexibility index (Phi) is 5.13. The van der Waals surface area contributed by atoms with Crippen molar-refractivity contribution >= 4 is 0 Å². The molecule has 2 aliphatic heterocycles. The van der Waals surface area contributed by atoms with E-state index >= 15 is 0 Å². The van der Waals surface area contributed by atoms with E-state index in [-0.39, 0.29) is 0 Å². The number of nitrogens with zero attached hydrogens (tertiary/aromatic N) is 1. The van der Waals surface area contributed by atoms with Crippen molar-refractivity contribution in [3.63, 3.8) is 0 Å². The SMILES string of the molecule is CCCCC1C(C)C(C)(C)C(C2CN2)C(C)C1(C)C(CC)N1CC1. The molecule has 3 aliphatic rings. The molecule has 0 aromatic carbocycles. The first kappa shape index (κ1) is 18.7. The largest absolute Gasteiger partial charge is 0.311 e. The first-order valence-corrected chi connectivity index (χ1v) is 10.8. The number of unbranched alkanes of at least 4 members (excludes halogenated alkanes) is 1. The summed E-state index contributed by atoms with van der Waals surface area (Å²) in [5.74, 6) is 3.30. The summed E-state index contributed by atoms with van der Waals surface area (Å²) in [5, 5.41) is 3.69. The lowest BCUT2D eigenvalue weighted by Crippen LogP contribution is -2.61. The lowest BCUT2D eigenvalue weighted by Gasteiger charge is -2.63. The minimum absolute atomic E-state index is 0.447. The van der Waals surface area contributed by atoms with Crippen LogP contribution in [0.1, 0.15) is 74.1 Å². The van der Waals surface area contributed by atoms with E-state index in [4.69, 9.17) is 0 Å². The molecule has 3 fully saturated rings. The average Bonchev–Trinajstić information content (AvgIpc) is 3.40. The van der Waals surface area contributed by atoms with Gasteiger partial charge in [0.15, 0.2) is 0 Å². The average molecular weight is 335 g/mol. The molecule has 1 N–H and O–H groups in total. The molecule has 3 rings (SSSR count). The summed E-state index contributed by atoms with van der Waals surface area (Å²) in [6.07, 6.45) is 5.48. The molecule has 0 aromatic rings. The highest BCUT2D eigenvalue weighted by molar-refractivity contribution is 5.13. The van der Waals surface area contributed by atoms with Crippen LogP contribution < -0.4 is 5.32 Å². The minimum Gasteiger partial charge on any atom is -0.311 e. The number of rotatable bonds is 7. The maximum Gasteiger partial charge on any atom is 0.0229 e. The van der Waals surface area contributed by atoms with Crippen LogP contribution in [0, 0.1) is 34.5 Å². The van der Waals surface area contributed by atoms with Gasteiger partial charge in [-0.2, -0.15) is 0 Å². The highest BCUT2D eigenvalue weighted by Gasteiger charge is 2.62. The van der Waals surface area contributed by atoms with Crippen molar-refractivity contribution in [1.82, 2.24) is 10.2 Å². The molecule has 0 spiro atoms. The van der Waals surface area contributed by atoms with Crippen molar-refractivity contribution < 1.29 is 0 Å². The highest BCUT2D eigenvalue weighted by atomic mass is 15.3. The van der Waals surface area contributed by atoms with Gasteiger partial charge in [0.1, 0.15) is 0 Å². The zero-order chi connectivity index (χ0) is 17.7. The Hall–Kier alpha value is -0.0800. The van der Waals surface area contributed by atoms with E-state index in [1.807, 2.05) is 0 Å². The van der Waals surface area contributed by atoms with Crippen molar-refractivity contribution in [3.05, 3.63) is 0 Å². The molecule has 7 atom stereocenters. The molecule has 1 aliphatic carbocycles. The van der Waals surface area contributed by atoms with Gasteiger partial charge in [-0.25, -0.2) is 0 Å². The monoisotopic (exact) mass is 334 g/mol. The van der Waals surface area contributed by atoms with E-state index in [1.165, 1.54) is 45.3 Å². The van der Waals surface area contributed by atoms with Crippen LogP contribution >= 0.6 is 0 Å². The smallest absolute Gasteiger partial charge is 0.0229 e. The molecule has 2 heteroatoms. The fourth-order valence-electron chi connectivity index (χ4n) is 6.92. The number of hydrogen-bond donors (Lipinski definition) is 1. The molecule has 0 radical (unpaired) electrons. The Labute approximate surface area is 151 Å². The van der Waals surface area contributed by atoms with E-state index < -0.39 is 0 Å². The van der Waals surface area contributed by atoms with Crippen LogP contribution in [0.4, 0.5) is 0 Å². The highest BCUT2D eigenvalue weighted by Crippen LogP contribution is 2.63. The van der Waals surface area contributed by atoms with Gasteiger partial charge in [0, 0.05) is 31.7 Å². The second-order valence-corrected chi connectivity index (χ2v) is 10.0.